The Bertz CT molecular complexity index is 1150. The van der Waals surface area contributed by atoms with E-state index in [9.17, 15) is 9.59 Å². The van der Waals surface area contributed by atoms with Gasteiger partial charge in [-0.1, -0.05) is 23.8 Å². The molecule has 3 aromatic rings. The SMILES string of the molecule is Cc1ccc(C(=O)N2CCCN(c3ccc(=O)n(-c4ccc(C)c(C)c4)n3)CC2)cc1. The summed E-state index contributed by atoms with van der Waals surface area (Å²) in [5.41, 5.74) is 4.78. The van der Waals surface area contributed by atoms with E-state index in [0.717, 1.165) is 41.2 Å². The Morgan fingerprint density at radius 1 is 0.839 bits per heavy atom. The fourth-order valence-corrected chi connectivity index (χ4v) is 3.84. The van der Waals surface area contributed by atoms with Crippen molar-refractivity contribution in [2.75, 3.05) is 31.1 Å². The van der Waals surface area contributed by atoms with Crippen molar-refractivity contribution in [2.24, 2.45) is 0 Å². The summed E-state index contributed by atoms with van der Waals surface area (Å²) in [6.45, 7) is 8.89. The zero-order valence-electron chi connectivity index (χ0n) is 18.3. The van der Waals surface area contributed by atoms with Gasteiger partial charge in [0.1, 0.15) is 5.82 Å². The summed E-state index contributed by atoms with van der Waals surface area (Å²) in [6.07, 6.45) is 0.849. The van der Waals surface area contributed by atoms with Crippen LogP contribution >= 0.6 is 0 Å². The van der Waals surface area contributed by atoms with E-state index in [4.69, 9.17) is 0 Å². The monoisotopic (exact) mass is 416 g/mol. The van der Waals surface area contributed by atoms with Crippen LogP contribution in [0.2, 0.25) is 0 Å². The van der Waals surface area contributed by atoms with Gasteiger partial charge in [0.25, 0.3) is 11.5 Å². The van der Waals surface area contributed by atoms with Gasteiger partial charge in [-0.3, -0.25) is 9.59 Å². The molecule has 0 aliphatic carbocycles. The van der Waals surface area contributed by atoms with Gasteiger partial charge in [0.2, 0.25) is 0 Å². The van der Waals surface area contributed by atoms with Crippen LogP contribution < -0.4 is 10.5 Å². The second-order valence-corrected chi connectivity index (χ2v) is 8.21. The lowest BCUT2D eigenvalue weighted by Crippen LogP contribution is -2.36. The quantitative estimate of drug-likeness (QED) is 0.656. The molecule has 1 saturated heterocycles. The Kier molecular flexibility index (Phi) is 5.89. The molecule has 1 aliphatic heterocycles. The summed E-state index contributed by atoms with van der Waals surface area (Å²) in [5.74, 6) is 0.817. The average Bonchev–Trinajstić information content (AvgIpc) is 3.02. The molecule has 0 N–H and O–H groups in total. The van der Waals surface area contributed by atoms with E-state index in [-0.39, 0.29) is 11.5 Å². The molecular weight excluding hydrogens is 388 g/mol. The number of rotatable bonds is 3. The summed E-state index contributed by atoms with van der Waals surface area (Å²) in [6, 6.07) is 17.0. The number of benzene rings is 2. The molecule has 0 spiro atoms. The first-order chi connectivity index (χ1) is 14.9. The smallest absolute Gasteiger partial charge is 0.271 e. The number of aryl methyl sites for hydroxylation is 3. The molecule has 1 aliphatic rings. The van der Waals surface area contributed by atoms with Gasteiger partial charge >= 0.3 is 0 Å². The molecule has 0 radical (unpaired) electrons. The summed E-state index contributed by atoms with van der Waals surface area (Å²) in [4.78, 5) is 29.4. The van der Waals surface area contributed by atoms with Gasteiger partial charge in [0.15, 0.2) is 0 Å². The van der Waals surface area contributed by atoms with Gasteiger partial charge in [-0.15, -0.1) is 5.10 Å². The zero-order valence-corrected chi connectivity index (χ0v) is 18.3. The minimum atomic E-state index is -0.155. The molecule has 1 amide bonds. The van der Waals surface area contributed by atoms with Gasteiger partial charge in [-0.2, -0.15) is 4.68 Å². The fourth-order valence-electron chi connectivity index (χ4n) is 3.84. The zero-order chi connectivity index (χ0) is 22.0. The van der Waals surface area contributed by atoms with Crippen LogP contribution in [0, 0.1) is 20.8 Å². The minimum Gasteiger partial charge on any atom is -0.353 e. The van der Waals surface area contributed by atoms with Crippen LogP contribution in [0.4, 0.5) is 5.82 Å². The van der Waals surface area contributed by atoms with Crippen LogP contribution in [0.25, 0.3) is 5.69 Å². The highest BCUT2D eigenvalue weighted by Crippen LogP contribution is 2.17. The minimum absolute atomic E-state index is 0.0647. The predicted octanol–water partition coefficient (Wildman–Crippen LogP) is 3.51. The normalized spacial score (nSPS) is 14.4. The second-order valence-electron chi connectivity index (χ2n) is 8.21. The lowest BCUT2D eigenvalue weighted by molar-refractivity contribution is 0.0767. The average molecular weight is 417 g/mol. The number of carbonyl (C=O) groups is 1. The number of carbonyl (C=O) groups excluding carboxylic acids is 1. The third kappa shape index (κ3) is 4.53. The lowest BCUT2D eigenvalue weighted by atomic mass is 10.1. The Morgan fingerprint density at radius 2 is 1.61 bits per heavy atom. The van der Waals surface area contributed by atoms with Crippen LogP contribution in [-0.2, 0) is 0 Å². The highest BCUT2D eigenvalue weighted by atomic mass is 16.2. The Morgan fingerprint density at radius 3 is 2.35 bits per heavy atom. The first-order valence-corrected chi connectivity index (χ1v) is 10.7. The van der Waals surface area contributed by atoms with Crippen molar-refractivity contribution in [3.8, 4) is 5.69 Å². The Hall–Kier alpha value is -3.41. The van der Waals surface area contributed by atoms with Gasteiger partial charge in [0, 0.05) is 37.8 Å². The van der Waals surface area contributed by atoms with E-state index in [1.165, 1.54) is 10.2 Å². The van der Waals surface area contributed by atoms with Gasteiger partial charge in [-0.05, 0) is 68.7 Å². The summed E-state index contributed by atoms with van der Waals surface area (Å²) < 4.78 is 1.46. The number of aromatic nitrogens is 2. The molecule has 2 heterocycles. The number of nitrogens with zero attached hydrogens (tertiary/aromatic N) is 4. The maximum absolute atomic E-state index is 12.9. The van der Waals surface area contributed by atoms with Gasteiger partial charge in [0.05, 0.1) is 5.69 Å². The molecule has 0 atom stereocenters. The molecule has 0 unspecified atom stereocenters. The molecule has 1 fully saturated rings. The number of hydrogen-bond acceptors (Lipinski definition) is 4. The topological polar surface area (TPSA) is 58.4 Å². The molecule has 6 nitrogen and oxygen atoms in total. The summed E-state index contributed by atoms with van der Waals surface area (Å²) in [5, 5.41) is 4.64. The van der Waals surface area contributed by atoms with Crippen LogP contribution in [-0.4, -0.2) is 46.8 Å². The van der Waals surface area contributed by atoms with E-state index in [1.54, 1.807) is 12.1 Å². The van der Waals surface area contributed by atoms with Crippen molar-refractivity contribution in [1.82, 2.24) is 14.7 Å². The van der Waals surface area contributed by atoms with Crippen molar-refractivity contribution in [2.45, 2.75) is 27.2 Å². The highest BCUT2D eigenvalue weighted by Gasteiger charge is 2.21. The number of hydrogen-bond donors (Lipinski definition) is 0. The molecule has 0 bridgehead atoms. The summed E-state index contributed by atoms with van der Waals surface area (Å²) in [7, 11) is 0. The van der Waals surface area contributed by atoms with Crippen molar-refractivity contribution in [3.05, 3.63) is 87.2 Å². The van der Waals surface area contributed by atoms with Gasteiger partial charge < -0.3 is 9.80 Å². The van der Waals surface area contributed by atoms with Crippen LogP contribution in [0.1, 0.15) is 33.5 Å². The van der Waals surface area contributed by atoms with E-state index >= 15 is 0 Å². The third-order valence-corrected chi connectivity index (χ3v) is 5.93. The number of anilines is 1. The molecule has 4 rings (SSSR count). The molecule has 160 valence electrons. The van der Waals surface area contributed by atoms with Gasteiger partial charge in [-0.25, -0.2) is 0 Å². The molecular formula is C25H28N4O2. The van der Waals surface area contributed by atoms with E-state index in [1.807, 2.05) is 68.1 Å². The first kappa shape index (κ1) is 20.8. The Balaban J connectivity index is 1.53. The summed E-state index contributed by atoms with van der Waals surface area (Å²) >= 11 is 0. The van der Waals surface area contributed by atoms with Crippen LogP contribution in [0.15, 0.2) is 59.4 Å². The maximum atomic E-state index is 12.9. The van der Waals surface area contributed by atoms with Crippen molar-refractivity contribution in [1.29, 1.82) is 0 Å². The van der Waals surface area contributed by atoms with Crippen molar-refractivity contribution in [3.63, 3.8) is 0 Å². The lowest BCUT2D eigenvalue weighted by Gasteiger charge is -2.23. The molecule has 2 aromatic carbocycles. The Labute approximate surface area is 182 Å². The largest absolute Gasteiger partial charge is 0.353 e. The predicted molar refractivity (Wildman–Crippen MR) is 123 cm³/mol. The van der Waals surface area contributed by atoms with Crippen molar-refractivity contribution >= 4 is 11.7 Å². The highest BCUT2D eigenvalue weighted by molar-refractivity contribution is 5.94. The van der Waals surface area contributed by atoms with Crippen LogP contribution in [0.5, 0.6) is 0 Å². The van der Waals surface area contributed by atoms with E-state index in [0.29, 0.717) is 19.6 Å². The first-order valence-electron chi connectivity index (χ1n) is 10.7. The maximum Gasteiger partial charge on any atom is 0.271 e. The fraction of sp³-hybridized carbons (Fsp3) is 0.320. The third-order valence-electron chi connectivity index (χ3n) is 5.93. The second kappa shape index (κ2) is 8.76. The van der Waals surface area contributed by atoms with Crippen molar-refractivity contribution < 1.29 is 4.79 Å². The van der Waals surface area contributed by atoms with E-state index < -0.39 is 0 Å². The van der Waals surface area contributed by atoms with E-state index in [2.05, 4.69) is 10.00 Å². The molecule has 0 saturated carbocycles. The molecule has 6 heteroatoms. The number of amides is 1. The molecule has 31 heavy (non-hydrogen) atoms. The van der Waals surface area contributed by atoms with Crippen LogP contribution in [0.3, 0.4) is 0 Å². The standard InChI is InChI=1S/C25H28N4O2/c1-18-5-8-21(9-6-18)25(31)28-14-4-13-27(15-16-28)23-11-12-24(30)29(26-23)22-10-7-19(2)20(3)17-22/h5-12,17H,4,13-16H2,1-3H3. The molecule has 1 aromatic heterocycles.